The highest BCUT2D eigenvalue weighted by molar-refractivity contribution is 5.93. The predicted octanol–water partition coefficient (Wildman–Crippen LogP) is 2.81. The molecule has 5 nitrogen and oxygen atoms in total. The van der Waals surface area contributed by atoms with Crippen molar-refractivity contribution in [1.82, 2.24) is 4.57 Å². The standard InChI is InChI=1S/C18H18N2O3/c1-3-23-18(21)17-11-16-15(8-5-9-20(16)22)19(17)12-14-7-4-6-13(2)10-14/h4-11H,3,12H2,1-2H3. The molecule has 2 aromatic heterocycles. The number of benzene rings is 1. The largest absolute Gasteiger partial charge is 0.618 e. The first-order chi connectivity index (χ1) is 11.1. The second-order valence-corrected chi connectivity index (χ2v) is 5.43. The minimum Gasteiger partial charge on any atom is -0.618 e. The lowest BCUT2D eigenvalue weighted by molar-refractivity contribution is -0.576. The molecule has 0 aliphatic rings. The number of carbonyl (C=O) groups is 1. The highest BCUT2D eigenvalue weighted by Crippen LogP contribution is 2.20. The normalized spacial score (nSPS) is 10.9. The summed E-state index contributed by atoms with van der Waals surface area (Å²) >= 11 is 0. The fourth-order valence-electron chi connectivity index (χ4n) is 2.73. The van der Waals surface area contributed by atoms with Crippen LogP contribution >= 0.6 is 0 Å². The number of aryl methyl sites for hydroxylation is 1. The van der Waals surface area contributed by atoms with Crippen molar-refractivity contribution in [3.05, 3.63) is 70.7 Å². The van der Waals surface area contributed by atoms with Gasteiger partial charge in [0.1, 0.15) is 11.2 Å². The van der Waals surface area contributed by atoms with Crippen LogP contribution < -0.4 is 4.73 Å². The topological polar surface area (TPSA) is 58.2 Å². The van der Waals surface area contributed by atoms with Gasteiger partial charge in [0.05, 0.1) is 6.61 Å². The number of hydrogen-bond acceptors (Lipinski definition) is 3. The molecule has 0 unspecified atom stereocenters. The maximum absolute atomic E-state index is 12.2. The van der Waals surface area contributed by atoms with E-state index in [-0.39, 0.29) is 0 Å². The van der Waals surface area contributed by atoms with Gasteiger partial charge in [-0.2, -0.15) is 4.73 Å². The van der Waals surface area contributed by atoms with E-state index in [1.165, 1.54) is 6.20 Å². The monoisotopic (exact) mass is 310 g/mol. The second kappa shape index (κ2) is 6.12. The Morgan fingerprint density at radius 1 is 1.26 bits per heavy atom. The quantitative estimate of drug-likeness (QED) is 0.423. The summed E-state index contributed by atoms with van der Waals surface area (Å²) in [5, 5.41) is 12.0. The van der Waals surface area contributed by atoms with Crippen LogP contribution in [0, 0.1) is 12.1 Å². The Morgan fingerprint density at radius 3 is 2.83 bits per heavy atom. The van der Waals surface area contributed by atoms with Crippen molar-refractivity contribution in [2.45, 2.75) is 20.4 Å². The maximum atomic E-state index is 12.2. The van der Waals surface area contributed by atoms with E-state index in [9.17, 15) is 10.0 Å². The van der Waals surface area contributed by atoms with Gasteiger partial charge < -0.3 is 14.5 Å². The summed E-state index contributed by atoms with van der Waals surface area (Å²) in [6.07, 6.45) is 1.42. The Balaban J connectivity index is 2.14. The third-order valence-corrected chi connectivity index (χ3v) is 3.74. The van der Waals surface area contributed by atoms with Gasteiger partial charge in [0.15, 0.2) is 6.20 Å². The van der Waals surface area contributed by atoms with Gasteiger partial charge in [-0.15, -0.1) is 0 Å². The molecule has 3 rings (SSSR count). The molecule has 118 valence electrons. The second-order valence-electron chi connectivity index (χ2n) is 5.43. The van der Waals surface area contributed by atoms with Gasteiger partial charge in [0.2, 0.25) is 5.52 Å². The van der Waals surface area contributed by atoms with Crippen LogP contribution in [0.3, 0.4) is 0 Å². The summed E-state index contributed by atoms with van der Waals surface area (Å²) in [7, 11) is 0. The molecule has 0 radical (unpaired) electrons. The van der Waals surface area contributed by atoms with Crippen molar-refractivity contribution in [3.8, 4) is 0 Å². The lowest BCUT2D eigenvalue weighted by atomic mass is 10.1. The predicted molar refractivity (Wildman–Crippen MR) is 87.1 cm³/mol. The molecule has 5 heteroatoms. The smallest absolute Gasteiger partial charge is 0.355 e. The van der Waals surface area contributed by atoms with Gasteiger partial charge >= 0.3 is 5.97 Å². The third-order valence-electron chi connectivity index (χ3n) is 3.74. The Labute approximate surface area is 134 Å². The van der Waals surface area contributed by atoms with E-state index in [1.54, 1.807) is 19.1 Å². The summed E-state index contributed by atoms with van der Waals surface area (Å²) < 4.78 is 7.73. The van der Waals surface area contributed by atoms with Gasteiger partial charge in [0.25, 0.3) is 0 Å². The zero-order valence-electron chi connectivity index (χ0n) is 13.2. The summed E-state index contributed by atoms with van der Waals surface area (Å²) in [6, 6.07) is 13.2. The average molecular weight is 310 g/mol. The SMILES string of the molecule is CCOC(=O)c1cc2c(ccc[n+]2[O-])n1Cc1cccc(C)c1. The maximum Gasteiger partial charge on any atom is 0.355 e. The highest BCUT2D eigenvalue weighted by atomic mass is 16.5. The van der Waals surface area contributed by atoms with Gasteiger partial charge in [-0.25, -0.2) is 4.79 Å². The van der Waals surface area contributed by atoms with E-state index >= 15 is 0 Å². The van der Waals surface area contributed by atoms with Crippen molar-refractivity contribution in [3.63, 3.8) is 0 Å². The molecule has 0 saturated heterocycles. The average Bonchev–Trinajstić information content (AvgIpc) is 2.88. The zero-order chi connectivity index (χ0) is 16.4. The minimum atomic E-state index is -0.420. The molecule has 3 aromatic rings. The van der Waals surface area contributed by atoms with Crippen molar-refractivity contribution in [2.75, 3.05) is 6.61 Å². The molecule has 0 atom stereocenters. The number of carbonyl (C=O) groups excluding carboxylic acids is 1. The summed E-state index contributed by atoms with van der Waals surface area (Å²) in [4.78, 5) is 12.2. The summed E-state index contributed by atoms with van der Waals surface area (Å²) in [5.74, 6) is -0.420. The zero-order valence-corrected chi connectivity index (χ0v) is 13.2. The molecule has 0 amide bonds. The molecule has 0 bridgehead atoms. The van der Waals surface area contributed by atoms with Crippen LogP contribution in [0.2, 0.25) is 0 Å². The van der Waals surface area contributed by atoms with Crippen LogP contribution in [-0.4, -0.2) is 17.1 Å². The third kappa shape index (κ3) is 2.90. The van der Waals surface area contributed by atoms with Crippen molar-refractivity contribution in [1.29, 1.82) is 0 Å². The van der Waals surface area contributed by atoms with Crippen molar-refractivity contribution < 1.29 is 14.3 Å². The molecule has 0 N–H and O–H groups in total. The molecule has 0 fully saturated rings. The highest BCUT2D eigenvalue weighted by Gasteiger charge is 2.21. The van der Waals surface area contributed by atoms with Gasteiger partial charge in [-0.1, -0.05) is 29.8 Å². The van der Waals surface area contributed by atoms with Crippen LogP contribution in [0.15, 0.2) is 48.7 Å². The number of rotatable bonds is 4. The number of pyridine rings is 1. The molecule has 0 aliphatic carbocycles. The van der Waals surface area contributed by atoms with E-state index in [0.29, 0.717) is 29.9 Å². The fraction of sp³-hybridized carbons (Fsp3) is 0.222. The molecule has 0 saturated carbocycles. The van der Waals surface area contributed by atoms with Gasteiger partial charge in [-0.3, -0.25) is 0 Å². The van der Waals surface area contributed by atoms with E-state index in [2.05, 4.69) is 6.07 Å². The molecular weight excluding hydrogens is 292 g/mol. The molecule has 2 heterocycles. The number of nitrogens with zero attached hydrogens (tertiary/aromatic N) is 2. The molecule has 0 aliphatic heterocycles. The van der Waals surface area contributed by atoms with E-state index < -0.39 is 5.97 Å². The number of esters is 1. The Kier molecular flexibility index (Phi) is 4.02. The Morgan fingerprint density at radius 2 is 2.09 bits per heavy atom. The number of ether oxygens (including phenoxy) is 1. The van der Waals surface area contributed by atoms with Gasteiger partial charge in [0, 0.05) is 18.7 Å². The summed E-state index contributed by atoms with van der Waals surface area (Å²) in [5.41, 5.74) is 3.78. The summed E-state index contributed by atoms with van der Waals surface area (Å²) in [6.45, 7) is 4.58. The van der Waals surface area contributed by atoms with E-state index in [4.69, 9.17) is 4.74 Å². The first-order valence-corrected chi connectivity index (χ1v) is 7.54. The van der Waals surface area contributed by atoms with Crippen molar-refractivity contribution >= 4 is 17.0 Å². The molecule has 23 heavy (non-hydrogen) atoms. The molecule has 1 aromatic carbocycles. The van der Waals surface area contributed by atoms with Crippen LogP contribution in [0.5, 0.6) is 0 Å². The van der Waals surface area contributed by atoms with Gasteiger partial charge in [-0.05, 0) is 25.5 Å². The van der Waals surface area contributed by atoms with Crippen molar-refractivity contribution in [2.24, 2.45) is 0 Å². The Hall–Kier alpha value is -2.82. The lowest BCUT2D eigenvalue weighted by Gasteiger charge is -2.10. The first kappa shape index (κ1) is 15.1. The van der Waals surface area contributed by atoms with Crippen LogP contribution in [-0.2, 0) is 11.3 Å². The number of aromatic nitrogens is 2. The number of fused-ring (bicyclic) bond motifs is 1. The number of hydrogen-bond donors (Lipinski definition) is 0. The van der Waals surface area contributed by atoms with E-state index in [1.807, 2.05) is 35.8 Å². The van der Waals surface area contributed by atoms with Crippen LogP contribution in [0.1, 0.15) is 28.5 Å². The minimum absolute atomic E-state index is 0.294. The fourth-order valence-corrected chi connectivity index (χ4v) is 2.73. The molecule has 0 spiro atoms. The Bertz CT molecular complexity index is 868. The van der Waals surface area contributed by atoms with E-state index in [0.717, 1.165) is 15.9 Å². The van der Waals surface area contributed by atoms with Crippen LogP contribution in [0.4, 0.5) is 0 Å². The van der Waals surface area contributed by atoms with Crippen LogP contribution in [0.25, 0.3) is 11.0 Å². The lowest BCUT2D eigenvalue weighted by Crippen LogP contribution is -2.25. The first-order valence-electron chi connectivity index (χ1n) is 7.54. The molecular formula is C18H18N2O3.